The third-order valence-corrected chi connectivity index (χ3v) is 5.21. The van der Waals surface area contributed by atoms with Crippen molar-refractivity contribution in [1.82, 2.24) is 9.55 Å². The Hall–Kier alpha value is -3.84. The Kier molecular flexibility index (Phi) is 6.09. The van der Waals surface area contributed by atoms with Gasteiger partial charge in [0.05, 0.1) is 31.1 Å². The van der Waals surface area contributed by atoms with Crippen LogP contribution in [0.5, 0.6) is 11.5 Å². The van der Waals surface area contributed by atoms with E-state index >= 15 is 0 Å². The van der Waals surface area contributed by atoms with Gasteiger partial charge in [0.2, 0.25) is 5.91 Å². The summed E-state index contributed by atoms with van der Waals surface area (Å²) in [5.74, 6) is 0.622. The number of nitrogens with zero attached hydrogens (tertiary/aromatic N) is 2. The summed E-state index contributed by atoms with van der Waals surface area (Å²) in [7, 11) is 3.04. The molecule has 1 heterocycles. The van der Waals surface area contributed by atoms with E-state index in [1.807, 2.05) is 30.3 Å². The second kappa shape index (κ2) is 9.11. The number of ether oxygens (including phenoxy) is 2. The van der Waals surface area contributed by atoms with Gasteiger partial charge in [0.15, 0.2) is 0 Å². The molecule has 1 amide bonds. The second-order valence-electron chi connectivity index (χ2n) is 6.97. The summed E-state index contributed by atoms with van der Waals surface area (Å²) in [5.41, 5.74) is 1.76. The van der Waals surface area contributed by atoms with Crippen molar-refractivity contribution in [2.75, 3.05) is 19.5 Å². The van der Waals surface area contributed by atoms with Gasteiger partial charge in [-0.05, 0) is 30.3 Å². The molecular formula is C24H20ClN3O4. The average molecular weight is 450 g/mol. The number of hydrogen-bond acceptors (Lipinski definition) is 5. The first kappa shape index (κ1) is 21.4. The molecule has 0 atom stereocenters. The van der Waals surface area contributed by atoms with Crippen LogP contribution >= 0.6 is 11.6 Å². The Morgan fingerprint density at radius 2 is 1.81 bits per heavy atom. The number of halogens is 1. The normalized spacial score (nSPS) is 10.7. The SMILES string of the molecule is COc1ccc(OC)c(NC(=O)Cn2c(=O)nc(-c3ccccc3)c3cc(Cl)ccc32)c1. The summed E-state index contributed by atoms with van der Waals surface area (Å²) < 4.78 is 11.8. The first-order chi connectivity index (χ1) is 15.5. The third-order valence-electron chi connectivity index (χ3n) is 4.97. The summed E-state index contributed by atoms with van der Waals surface area (Å²) in [6.45, 7) is -0.237. The Morgan fingerprint density at radius 3 is 2.53 bits per heavy atom. The largest absolute Gasteiger partial charge is 0.497 e. The number of amides is 1. The Labute approximate surface area is 189 Å². The van der Waals surface area contributed by atoms with Gasteiger partial charge in [-0.15, -0.1) is 0 Å². The summed E-state index contributed by atoms with van der Waals surface area (Å²) in [5, 5.41) is 3.96. The molecule has 1 N–H and O–H groups in total. The molecule has 4 rings (SSSR count). The van der Waals surface area contributed by atoms with Gasteiger partial charge in [0.25, 0.3) is 0 Å². The molecule has 4 aromatic rings. The van der Waals surface area contributed by atoms with Crippen LogP contribution in [0.15, 0.2) is 71.5 Å². The monoisotopic (exact) mass is 449 g/mol. The molecule has 8 heteroatoms. The van der Waals surface area contributed by atoms with E-state index in [2.05, 4.69) is 10.3 Å². The standard InChI is InChI=1S/C24H20ClN3O4/c1-31-17-9-11-21(32-2)19(13-17)26-22(29)14-28-20-10-8-16(25)12-18(20)23(27-24(28)30)15-6-4-3-5-7-15/h3-13H,14H2,1-2H3,(H,26,29). The van der Waals surface area contributed by atoms with E-state index in [9.17, 15) is 9.59 Å². The highest BCUT2D eigenvalue weighted by Gasteiger charge is 2.16. The lowest BCUT2D eigenvalue weighted by Crippen LogP contribution is -2.30. The van der Waals surface area contributed by atoms with Crippen molar-refractivity contribution in [3.63, 3.8) is 0 Å². The maximum absolute atomic E-state index is 12.9. The van der Waals surface area contributed by atoms with Crippen LogP contribution in [0.3, 0.4) is 0 Å². The fourth-order valence-corrected chi connectivity index (χ4v) is 3.64. The lowest BCUT2D eigenvalue weighted by Gasteiger charge is -2.15. The first-order valence-corrected chi connectivity index (χ1v) is 10.2. The summed E-state index contributed by atoms with van der Waals surface area (Å²) >= 11 is 6.23. The quantitative estimate of drug-likeness (QED) is 0.472. The number of benzene rings is 3. The maximum Gasteiger partial charge on any atom is 0.349 e. The predicted molar refractivity (Wildman–Crippen MR) is 125 cm³/mol. The average Bonchev–Trinajstić information content (AvgIpc) is 2.81. The molecule has 162 valence electrons. The van der Waals surface area contributed by atoms with Crippen LogP contribution in [0.2, 0.25) is 5.02 Å². The predicted octanol–water partition coefficient (Wildman–Crippen LogP) is 4.37. The van der Waals surface area contributed by atoms with Crippen LogP contribution in [0.4, 0.5) is 5.69 Å². The fraction of sp³-hybridized carbons (Fsp3) is 0.125. The Morgan fingerprint density at radius 1 is 1.03 bits per heavy atom. The number of hydrogen-bond donors (Lipinski definition) is 1. The van der Waals surface area contributed by atoms with Crippen molar-refractivity contribution in [2.45, 2.75) is 6.54 Å². The van der Waals surface area contributed by atoms with Crippen molar-refractivity contribution in [2.24, 2.45) is 0 Å². The zero-order valence-electron chi connectivity index (χ0n) is 17.5. The highest BCUT2D eigenvalue weighted by Crippen LogP contribution is 2.30. The topological polar surface area (TPSA) is 82.5 Å². The molecule has 0 aliphatic carbocycles. The number of anilines is 1. The van der Waals surface area contributed by atoms with Crippen molar-refractivity contribution in [3.8, 4) is 22.8 Å². The molecule has 7 nitrogen and oxygen atoms in total. The number of nitrogens with one attached hydrogen (secondary N) is 1. The molecule has 0 spiro atoms. The van der Waals surface area contributed by atoms with E-state index < -0.39 is 11.6 Å². The van der Waals surface area contributed by atoms with Crippen LogP contribution in [0.25, 0.3) is 22.2 Å². The van der Waals surface area contributed by atoms with E-state index in [0.717, 1.165) is 5.56 Å². The van der Waals surface area contributed by atoms with Crippen molar-refractivity contribution in [3.05, 3.63) is 82.2 Å². The van der Waals surface area contributed by atoms with Gasteiger partial charge in [0, 0.05) is 22.0 Å². The molecule has 1 aromatic heterocycles. The van der Waals surface area contributed by atoms with E-state index in [4.69, 9.17) is 21.1 Å². The molecule has 0 radical (unpaired) electrons. The van der Waals surface area contributed by atoms with Crippen LogP contribution in [-0.4, -0.2) is 29.7 Å². The molecule has 0 saturated carbocycles. The van der Waals surface area contributed by atoms with Gasteiger partial charge < -0.3 is 14.8 Å². The fourth-order valence-electron chi connectivity index (χ4n) is 3.47. The smallest absolute Gasteiger partial charge is 0.349 e. The van der Waals surface area contributed by atoms with Crippen molar-refractivity contribution >= 4 is 34.1 Å². The number of fused-ring (bicyclic) bond motifs is 1. The van der Waals surface area contributed by atoms with E-state index in [-0.39, 0.29) is 6.54 Å². The minimum atomic E-state index is -0.536. The highest BCUT2D eigenvalue weighted by atomic mass is 35.5. The number of carbonyl (C=O) groups excluding carboxylic acids is 1. The lowest BCUT2D eigenvalue weighted by atomic mass is 10.1. The molecule has 0 bridgehead atoms. The van der Waals surface area contributed by atoms with E-state index in [0.29, 0.717) is 38.8 Å². The van der Waals surface area contributed by atoms with Crippen LogP contribution in [0, 0.1) is 0 Å². The molecule has 0 aliphatic heterocycles. The van der Waals surface area contributed by atoms with Gasteiger partial charge in [-0.25, -0.2) is 4.79 Å². The lowest BCUT2D eigenvalue weighted by molar-refractivity contribution is -0.116. The molecule has 32 heavy (non-hydrogen) atoms. The van der Waals surface area contributed by atoms with Gasteiger partial charge in [-0.1, -0.05) is 41.9 Å². The van der Waals surface area contributed by atoms with Crippen molar-refractivity contribution < 1.29 is 14.3 Å². The second-order valence-corrected chi connectivity index (χ2v) is 7.41. The zero-order valence-corrected chi connectivity index (χ0v) is 18.2. The molecule has 3 aromatic carbocycles. The van der Waals surface area contributed by atoms with Gasteiger partial charge in [-0.3, -0.25) is 9.36 Å². The number of aromatic nitrogens is 2. The first-order valence-electron chi connectivity index (χ1n) is 9.77. The number of carbonyl (C=O) groups is 1. The Bertz CT molecular complexity index is 1350. The number of methoxy groups -OCH3 is 2. The van der Waals surface area contributed by atoms with Crippen molar-refractivity contribution in [1.29, 1.82) is 0 Å². The van der Waals surface area contributed by atoms with E-state index in [1.165, 1.54) is 18.8 Å². The molecule has 0 unspecified atom stereocenters. The summed E-state index contributed by atoms with van der Waals surface area (Å²) in [6.07, 6.45) is 0. The van der Waals surface area contributed by atoms with Gasteiger partial charge >= 0.3 is 5.69 Å². The third kappa shape index (κ3) is 4.29. The maximum atomic E-state index is 12.9. The molecular weight excluding hydrogens is 430 g/mol. The zero-order chi connectivity index (χ0) is 22.7. The summed E-state index contributed by atoms with van der Waals surface area (Å²) in [6, 6.07) is 19.6. The van der Waals surface area contributed by atoms with E-state index in [1.54, 1.807) is 36.4 Å². The molecule has 0 saturated heterocycles. The van der Waals surface area contributed by atoms with Crippen LogP contribution in [0.1, 0.15) is 0 Å². The minimum absolute atomic E-state index is 0.237. The minimum Gasteiger partial charge on any atom is -0.497 e. The van der Waals surface area contributed by atoms with Gasteiger partial charge in [0.1, 0.15) is 18.0 Å². The summed E-state index contributed by atoms with van der Waals surface area (Å²) in [4.78, 5) is 30.0. The molecule has 0 aliphatic rings. The van der Waals surface area contributed by atoms with Crippen LogP contribution < -0.4 is 20.5 Å². The Balaban J connectivity index is 1.74. The molecule has 0 fully saturated rings. The number of rotatable bonds is 6. The van der Waals surface area contributed by atoms with Crippen LogP contribution in [-0.2, 0) is 11.3 Å². The highest BCUT2D eigenvalue weighted by molar-refractivity contribution is 6.31. The van der Waals surface area contributed by atoms with Gasteiger partial charge in [-0.2, -0.15) is 4.98 Å².